The quantitative estimate of drug-likeness (QED) is 0.570. The molecular formula is C20H25ClN2O3S2. The molecule has 0 bridgehead atoms. The van der Waals surface area contributed by atoms with Crippen LogP contribution in [0.25, 0.3) is 0 Å². The minimum atomic E-state index is -3.62. The zero-order valence-electron chi connectivity index (χ0n) is 16.0. The van der Waals surface area contributed by atoms with Crippen LogP contribution in [0.1, 0.15) is 17.5 Å². The lowest BCUT2D eigenvalue weighted by atomic mass is 10.2. The molecule has 0 spiro atoms. The fourth-order valence-corrected chi connectivity index (χ4v) is 4.68. The standard InChI is InChI=1S/C20H25ClN2O3S2/c1-16-7-5-8-17(13-16)15-27-12-6-11-22-20(24)14-23(28(2,25)26)19-10-4-3-9-18(19)21/h3-5,7-10,13H,6,11-12,14-15H2,1-2H3,(H,22,24). The van der Waals surface area contributed by atoms with Gasteiger partial charge in [0.1, 0.15) is 6.54 Å². The number of hydrogen-bond acceptors (Lipinski definition) is 4. The Labute approximate surface area is 176 Å². The van der Waals surface area contributed by atoms with Crippen molar-refractivity contribution < 1.29 is 13.2 Å². The molecular weight excluding hydrogens is 416 g/mol. The Morgan fingerprint density at radius 2 is 1.93 bits per heavy atom. The van der Waals surface area contributed by atoms with Crippen molar-refractivity contribution >= 4 is 45.0 Å². The van der Waals surface area contributed by atoms with Crippen LogP contribution in [0, 0.1) is 6.92 Å². The van der Waals surface area contributed by atoms with Crippen LogP contribution in [0.2, 0.25) is 5.02 Å². The summed E-state index contributed by atoms with van der Waals surface area (Å²) in [6.45, 7) is 2.28. The van der Waals surface area contributed by atoms with Gasteiger partial charge in [0.05, 0.1) is 17.0 Å². The van der Waals surface area contributed by atoms with Gasteiger partial charge >= 0.3 is 0 Å². The van der Waals surface area contributed by atoms with E-state index in [0.717, 1.165) is 28.5 Å². The van der Waals surface area contributed by atoms with Crippen molar-refractivity contribution in [2.24, 2.45) is 0 Å². The van der Waals surface area contributed by atoms with Crippen LogP contribution in [0.15, 0.2) is 48.5 Å². The van der Waals surface area contributed by atoms with Crippen LogP contribution < -0.4 is 9.62 Å². The zero-order chi connectivity index (χ0) is 20.6. The highest BCUT2D eigenvalue weighted by Crippen LogP contribution is 2.26. The van der Waals surface area contributed by atoms with Gasteiger partial charge in [0.25, 0.3) is 0 Å². The largest absolute Gasteiger partial charge is 0.354 e. The number of para-hydroxylation sites is 1. The lowest BCUT2D eigenvalue weighted by Crippen LogP contribution is -2.40. The van der Waals surface area contributed by atoms with Crippen LogP contribution in [-0.2, 0) is 20.6 Å². The number of carbonyl (C=O) groups excluding carboxylic acids is 1. The maximum Gasteiger partial charge on any atom is 0.240 e. The summed E-state index contributed by atoms with van der Waals surface area (Å²) < 4.78 is 25.2. The molecule has 0 saturated carbocycles. The maximum atomic E-state index is 12.2. The molecule has 0 saturated heterocycles. The number of halogens is 1. The number of hydrogen-bond donors (Lipinski definition) is 1. The number of rotatable bonds is 10. The van der Waals surface area contributed by atoms with Crippen LogP contribution >= 0.6 is 23.4 Å². The van der Waals surface area contributed by atoms with Crippen molar-refractivity contribution in [2.75, 3.05) is 29.4 Å². The number of thioether (sulfide) groups is 1. The molecule has 0 aliphatic heterocycles. The molecule has 0 aliphatic carbocycles. The van der Waals surface area contributed by atoms with Crippen LogP contribution in [0.5, 0.6) is 0 Å². The normalized spacial score (nSPS) is 11.2. The first kappa shape index (κ1) is 22.6. The van der Waals surface area contributed by atoms with E-state index < -0.39 is 10.0 Å². The molecule has 28 heavy (non-hydrogen) atoms. The van der Waals surface area contributed by atoms with Gasteiger partial charge in [-0.3, -0.25) is 9.10 Å². The number of amides is 1. The fourth-order valence-electron chi connectivity index (χ4n) is 2.62. The smallest absolute Gasteiger partial charge is 0.240 e. The molecule has 0 aromatic heterocycles. The number of benzene rings is 2. The molecule has 0 fully saturated rings. The van der Waals surface area contributed by atoms with Gasteiger partial charge in [-0.05, 0) is 36.8 Å². The van der Waals surface area contributed by atoms with Gasteiger partial charge in [0, 0.05) is 12.3 Å². The van der Waals surface area contributed by atoms with Gasteiger partial charge in [-0.15, -0.1) is 0 Å². The van der Waals surface area contributed by atoms with Gasteiger partial charge < -0.3 is 5.32 Å². The summed E-state index contributed by atoms with van der Waals surface area (Å²) in [6, 6.07) is 15.0. The number of nitrogens with one attached hydrogen (secondary N) is 1. The molecule has 0 unspecified atom stereocenters. The first-order valence-electron chi connectivity index (χ1n) is 8.89. The van der Waals surface area contributed by atoms with E-state index in [2.05, 4.69) is 36.5 Å². The second-order valence-corrected chi connectivity index (χ2v) is 9.89. The topological polar surface area (TPSA) is 66.5 Å². The lowest BCUT2D eigenvalue weighted by Gasteiger charge is -2.22. The lowest BCUT2D eigenvalue weighted by molar-refractivity contribution is -0.119. The number of anilines is 1. The Morgan fingerprint density at radius 1 is 1.18 bits per heavy atom. The van der Waals surface area contributed by atoms with E-state index in [-0.39, 0.29) is 17.5 Å². The van der Waals surface area contributed by atoms with E-state index in [4.69, 9.17) is 11.6 Å². The predicted molar refractivity (Wildman–Crippen MR) is 119 cm³/mol. The monoisotopic (exact) mass is 440 g/mol. The molecule has 1 amide bonds. The molecule has 2 rings (SSSR count). The van der Waals surface area contributed by atoms with Crippen LogP contribution in [0.3, 0.4) is 0 Å². The summed E-state index contributed by atoms with van der Waals surface area (Å²) in [7, 11) is -3.62. The SMILES string of the molecule is Cc1cccc(CSCCCNC(=O)CN(c2ccccc2Cl)S(C)(=O)=O)c1. The summed E-state index contributed by atoms with van der Waals surface area (Å²) in [5.74, 6) is 1.49. The molecule has 2 aromatic carbocycles. The first-order valence-corrected chi connectivity index (χ1v) is 12.3. The third kappa shape index (κ3) is 7.37. The van der Waals surface area contributed by atoms with Gasteiger partial charge in [0.2, 0.25) is 15.9 Å². The number of sulfonamides is 1. The third-order valence-corrected chi connectivity index (χ3v) is 6.51. The van der Waals surface area contributed by atoms with Crippen molar-refractivity contribution in [3.8, 4) is 0 Å². The summed E-state index contributed by atoms with van der Waals surface area (Å²) in [5.41, 5.74) is 2.84. The molecule has 0 atom stereocenters. The molecule has 0 heterocycles. The van der Waals surface area contributed by atoms with E-state index in [0.29, 0.717) is 12.2 Å². The fraction of sp³-hybridized carbons (Fsp3) is 0.350. The van der Waals surface area contributed by atoms with E-state index in [1.54, 1.807) is 24.3 Å². The van der Waals surface area contributed by atoms with Crippen molar-refractivity contribution in [3.63, 3.8) is 0 Å². The molecule has 0 aliphatic rings. The Kier molecular flexibility index (Phi) is 8.66. The Bertz CT molecular complexity index is 904. The number of aryl methyl sites for hydroxylation is 1. The summed E-state index contributed by atoms with van der Waals surface area (Å²) in [4.78, 5) is 12.2. The average Bonchev–Trinajstić information content (AvgIpc) is 2.62. The molecule has 2 aromatic rings. The van der Waals surface area contributed by atoms with Crippen molar-refractivity contribution in [3.05, 3.63) is 64.7 Å². The summed E-state index contributed by atoms with van der Waals surface area (Å²) in [5, 5.41) is 3.07. The Morgan fingerprint density at radius 3 is 2.61 bits per heavy atom. The highest BCUT2D eigenvalue weighted by atomic mass is 35.5. The second-order valence-electron chi connectivity index (χ2n) is 6.47. The first-order chi connectivity index (χ1) is 13.3. The highest BCUT2D eigenvalue weighted by Gasteiger charge is 2.22. The van der Waals surface area contributed by atoms with Crippen molar-refractivity contribution in [1.29, 1.82) is 0 Å². The van der Waals surface area contributed by atoms with Crippen LogP contribution in [0.4, 0.5) is 5.69 Å². The molecule has 1 N–H and O–H groups in total. The number of nitrogens with zero attached hydrogens (tertiary/aromatic N) is 1. The van der Waals surface area contributed by atoms with Crippen LogP contribution in [-0.4, -0.2) is 39.4 Å². The van der Waals surface area contributed by atoms with E-state index in [9.17, 15) is 13.2 Å². The maximum absolute atomic E-state index is 12.2. The summed E-state index contributed by atoms with van der Waals surface area (Å²) in [6.07, 6.45) is 1.87. The van der Waals surface area contributed by atoms with Crippen molar-refractivity contribution in [1.82, 2.24) is 5.32 Å². The highest BCUT2D eigenvalue weighted by molar-refractivity contribution is 7.98. The predicted octanol–water partition coefficient (Wildman–Crippen LogP) is 3.85. The minimum Gasteiger partial charge on any atom is -0.354 e. The van der Waals surface area contributed by atoms with E-state index in [1.807, 2.05) is 11.8 Å². The minimum absolute atomic E-state index is 0.285. The van der Waals surface area contributed by atoms with Gasteiger partial charge in [0.15, 0.2) is 0 Å². The van der Waals surface area contributed by atoms with Gasteiger partial charge in [-0.1, -0.05) is 53.6 Å². The number of carbonyl (C=O) groups is 1. The third-order valence-electron chi connectivity index (χ3n) is 3.95. The molecule has 5 nitrogen and oxygen atoms in total. The van der Waals surface area contributed by atoms with Crippen molar-refractivity contribution in [2.45, 2.75) is 19.1 Å². The van der Waals surface area contributed by atoms with Gasteiger partial charge in [-0.2, -0.15) is 11.8 Å². The molecule has 8 heteroatoms. The average molecular weight is 441 g/mol. The van der Waals surface area contributed by atoms with E-state index >= 15 is 0 Å². The Hall–Kier alpha value is -1.70. The molecule has 152 valence electrons. The second kappa shape index (κ2) is 10.7. The van der Waals surface area contributed by atoms with E-state index in [1.165, 1.54) is 11.1 Å². The Balaban J connectivity index is 1.76. The summed E-state index contributed by atoms with van der Waals surface area (Å²) >= 11 is 7.90. The molecule has 0 radical (unpaired) electrons. The zero-order valence-corrected chi connectivity index (χ0v) is 18.4. The van der Waals surface area contributed by atoms with Gasteiger partial charge in [-0.25, -0.2) is 8.42 Å².